The van der Waals surface area contributed by atoms with Gasteiger partial charge in [-0.3, -0.25) is 4.68 Å². The predicted molar refractivity (Wildman–Crippen MR) is 107 cm³/mol. The van der Waals surface area contributed by atoms with Crippen LogP contribution >= 0.6 is 0 Å². The number of hydrogen-bond donors (Lipinski definition) is 1. The molecule has 3 heterocycles. The van der Waals surface area contributed by atoms with Gasteiger partial charge in [-0.2, -0.15) is 5.10 Å². The fraction of sp³-hybridized carbons (Fsp3) is 0.286. The Labute approximate surface area is 176 Å². The van der Waals surface area contributed by atoms with Gasteiger partial charge >= 0.3 is 6.36 Å². The van der Waals surface area contributed by atoms with E-state index in [4.69, 9.17) is 4.74 Å². The number of hydrogen-bond acceptors (Lipinski definition) is 5. The van der Waals surface area contributed by atoms with Crippen molar-refractivity contribution in [1.82, 2.24) is 14.3 Å². The maximum Gasteiger partial charge on any atom is 0.573 e. The average Bonchev–Trinajstić information content (AvgIpc) is 3.29. The van der Waals surface area contributed by atoms with Crippen LogP contribution in [-0.4, -0.2) is 39.2 Å². The summed E-state index contributed by atoms with van der Waals surface area (Å²) in [6.45, 7) is 0.952. The Bertz CT molecular complexity index is 1070. The molecule has 2 aromatic heterocycles. The average molecular weight is 434 g/mol. The number of aromatic nitrogens is 3. The van der Waals surface area contributed by atoms with Crippen molar-refractivity contribution in [2.24, 2.45) is 7.05 Å². The summed E-state index contributed by atoms with van der Waals surface area (Å²) in [7, 11) is 1.82. The third-order valence-electron chi connectivity index (χ3n) is 4.88. The number of aryl methyl sites for hydroxylation is 1. The molecule has 1 aromatic carbocycles. The number of ether oxygens (including phenoxy) is 2. The highest BCUT2D eigenvalue weighted by atomic mass is 19.4. The molecule has 0 aliphatic carbocycles. The summed E-state index contributed by atoms with van der Waals surface area (Å²) >= 11 is 0. The summed E-state index contributed by atoms with van der Waals surface area (Å²) in [6, 6.07) is 7.57. The second-order valence-corrected chi connectivity index (χ2v) is 7.03. The second-order valence-electron chi connectivity index (χ2n) is 7.03. The highest BCUT2D eigenvalue weighted by Crippen LogP contribution is 2.32. The molecule has 0 atom stereocenters. The van der Waals surface area contributed by atoms with Gasteiger partial charge in [-0.1, -0.05) is 0 Å². The van der Waals surface area contributed by atoms with Crippen LogP contribution in [0.5, 0.6) is 5.75 Å². The van der Waals surface area contributed by atoms with Crippen molar-refractivity contribution in [2.75, 3.05) is 18.2 Å². The van der Waals surface area contributed by atoms with E-state index in [2.05, 4.69) is 9.84 Å². The molecule has 0 bridgehead atoms. The van der Waals surface area contributed by atoms with E-state index in [1.165, 1.54) is 12.1 Å². The monoisotopic (exact) mass is 434 g/mol. The van der Waals surface area contributed by atoms with E-state index in [9.17, 15) is 18.3 Å². The van der Waals surface area contributed by atoms with Crippen molar-refractivity contribution < 1.29 is 27.8 Å². The van der Waals surface area contributed by atoms with Crippen molar-refractivity contribution in [2.45, 2.75) is 19.5 Å². The summed E-state index contributed by atoms with van der Waals surface area (Å²) in [5.74, 6) is -0.288. The van der Waals surface area contributed by atoms with Gasteiger partial charge in [0.2, 0.25) is 0 Å². The van der Waals surface area contributed by atoms with Gasteiger partial charge in [-0.05, 0) is 30.3 Å². The third kappa shape index (κ3) is 4.75. The predicted octanol–water partition coefficient (Wildman–Crippen LogP) is 3.50. The molecule has 0 saturated heterocycles. The molecule has 7 nitrogen and oxygen atoms in total. The number of aliphatic hydroxyl groups excluding tert-OH is 1. The number of nitrogens with zero attached hydrogens (tertiary/aromatic N) is 4. The molecule has 0 amide bonds. The lowest BCUT2D eigenvalue weighted by molar-refractivity contribution is -0.274. The molecule has 0 saturated carbocycles. The van der Waals surface area contributed by atoms with E-state index >= 15 is 0 Å². The molecule has 0 spiro atoms. The molecule has 10 heteroatoms. The zero-order chi connectivity index (χ0) is 22.0. The molecule has 0 unspecified atom stereocenters. The highest BCUT2D eigenvalue weighted by molar-refractivity contribution is 5.82. The molecule has 31 heavy (non-hydrogen) atoms. The number of aliphatic hydroxyl groups is 1. The summed E-state index contributed by atoms with van der Waals surface area (Å²) in [6.07, 6.45) is 2.68. The van der Waals surface area contributed by atoms with Crippen LogP contribution in [0.2, 0.25) is 0 Å². The van der Waals surface area contributed by atoms with Crippen LogP contribution < -0.4 is 9.64 Å². The van der Waals surface area contributed by atoms with Crippen LogP contribution in [0.15, 0.2) is 55.1 Å². The first kappa shape index (κ1) is 21.0. The normalized spacial score (nSPS) is 16.3. The first-order chi connectivity index (χ1) is 14.8. The van der Waals surface area contributed by atoms with E-state index in [1.807, 2.05) is 41.2 Å². The van der Waals surface area contributed by atoms with Crippen molar-refractivity contribution in [3.8, 4) is 5.75 Å². The van der Waals surface area contributed by atoms with Gasteiger partial charge in [0, 0.05) is 54.6 Å². The van der Waals surface area contributed by atoms with E-state index in [0.717, 1.165) is 22.4 Å². The number of fused-ring (bicyclic) bond motifs is 1. The molecular formula is C21H21F3N4O3. The maximum atomic E-state index is 12.4. The molecule has 4 rings (SSSR count). The lowest BCUT2D eigenvalue weighted by Crippen LogP contribution is -2.23. The van der Waals surface area contributed by atoms with Crippen LogP contribution in [0.4, 0.5) is 18.9 Å². The molecule has 1 aliphatic rings. The van der Waals surface area contributed by atoms with E-state index < -0.39 is 6.36 Å². The molecule has 1 N–H and O–H groups in total. The van der Waals surface area contributed by atoms with Gasteiger partial charge in [0.1, 0.15) is 12.5 Å². The number of rotatable bonds is 5. The molecule has 3 aromatic rings. The van der Waals surface area contributed by atoms with Gasteiger partial charge < -0.3 is 24.0 Å². The Morgan fingerprint density at radius 2 is 1.97 bits per heavy atom. The van der Waals surface area contributed by atoms with Crippen molar-refractivity contribution in [3.05, 3.63) is 71.9 Å². The molecule has 1 aliphatic heterocycles. The Balaban J connectivity index is 1.73. The minimum Gasteiger partial charge on any atom is -0.406 e. The minimum absolute atomic E-state index is 0.00549. The standard InChI is InChI=1S/C21H21F3N4O3/c1-26-11-15(10-25-26)19-12-28(16-2-4-17(5-3-16)31-21(22,23)24)14-30-13-20-18(19)6-7-27(20)8-9-29/h2-7,10-12,29H,8-9,13-14H2,1H3/b19-12-. The molecule has 0 fully saturated rings. The van der Waals surface area contributed by atoms with Crippen molar-refractivity contribution in [1.29, 1.82) is 0 Å². The van der Waals surface area contributed by atoms with Gasteiger partial charge in [0.25, 0.3) is 0 Å². The Morgan fingerprint density at radius 1 is 1.19 bits per heavy atom. The highest BCUT2D eigenvalue weighted by Gasteiger charge is 2.31. The van der Waals surface area contributed by atoms with Gasteiger partial charge in [-0.25, -0.2) is 0 Å². The van der Waals surface area contributed by atoms with Crippen LogP contribution in [0.3, 0.4) is 0 Å². The SMILES string of the molecule is Cn1cc(/C2=C/N(c3ccc(OC(F)(F)F)cc3)COCc3c2ccn3CCO)cn1. The lowest BCUT2D eigenvalue weighted by Gasteiger charge is -2.26. The Morgan fingerprint density at radius 3 is 2.61 bits per heavy atom. The van der Waals surface area contributed by atoms with Crippen LogP contribution in [-0.2, 0) is 24.9 Å². The number of benzene rings is 1. The topological polar surface area (TPSA) is 64.7 Å². The summed E-state index contributed by atoms with van der Waals surface area (Å²) < 4.78 is 50.8. The number of halogens is 3. The molecular weight excluding hydrogens is 413 g/mol. The zero-order valence-electron chi connectivity index (χ0n) is 16.7. The Kier molecular flexibility index (Phi) is 5.75. The smallest absolute Gasteiger partial charge is 0.406 e. The fourth-order valence-electron chi connectivity index (χ4n) is 3.51. The van der Waals surface area contributed by atoms with Gasteiger partial charge in [-0.15, -0.1) is 13.2 Å². The minimum atomic E-state index is -4.74. The lowest BCUT2D eigenvalue weighted by atomic mass is 10.0. The Hall–Kier alpha value is -3.24. The molecule has 0 radical (unpaired) electrons. The number of alkyl halides is 3. The van der Waals surface area contributed by atoms with Crippen molar-refractivity contribution >= 4 is 11.3 Å². The van der Waals surface area contributed by atoms with Crippen molar-refractivity contribution in [3.63, 3.8) is 0 Å². The van der Waals surface area contributed by atoms with Gasteiger partial charge in [0.05, 0.1) is 25.1 Å². The quantitative estimate of drug-likeness (QED) is 0.666. The largest absolute Gasteiger partial charge is 0.573 e. The maximum absolute atomic E-state index is 12.4. The van der Waals surface area contributed by atoms with E-state index in [1.54, 1.807) is 23.0 Å². The first-order valence-electron chi connectivity index (χ1n) is 9.54. The first-order valence-corrected chi connectivity index (χ1v) is 9.54. The number of anilines is 1. The third-order valence-corrected chi connectivity index (χ3v) is 4.88. The van der Waals surface area contributed by atoms with E-state index in [0.29, 0.717) is 18.8 Å². The van der Waals surface area contributed by atoms with Gasteiger partial charge in [0.15, 0.2) is 0 Å². The molecule has 164 valence electrons. The zero-order valence-corrected chi connectivity index (χ0v) is 16.7. The second kappa shape index (κ2) is 8.48. The summed E-state index contributed by atoms with van der Waals surface area (Å²) in [5, 5.41) is 13.6. The fourth-order valence-corrected chi connectivity index (χ4v) is 3.51. The van der Waals surface area contributed by atoms with Crippen LogP contribution in [0.25, 0.3) is 5.57 Å². The summed E-state index contributed by atoms with van der Waals surface area (Å²) in [4.78, 5) is 1.81. The summed E-state index contributed by atoms with van der Waals surface area (Å²) in [5.41, 5.74) is 4.28. The van der Waals surface area contributed by atoms with Crippen LogP contribution in [0.1, 0.15) is 16.8 Å². The van der Waals surface area contributed by atoms with Crippen LogP contribution in [0, 0.1) is 0 Å². The van der Waals surface area contributed by atoms with E-state index in [-0.39, 0.29) is 19.1 Å².